The highest BCUT2D eigenvalue weighted by Crippen LogP contribution is 2.12. The molecule has 0 aliphatic carbocycles. The molecule has 1 N–H and O–H groups in total. The molecule has 0 unspecified atom stereocenters. The summed E-state index contributed by atoms with van der Waals surface area (Å²) >= 11 is 0. The van der Waals surface area contributed by atoms with E-state index in [1.54, 1.807) is 35.8 Å². The van der Waals surface area contributed by atoms with Gasteiger partial charge in [-0.3, -0.25) is 4.79 Å². The van der Waals surface area contributed by atoms with Gasteiger partial charge in [0.15, 0.2) is 5.43 Å². The third-order valence-electron chi connectivity index (χ3n) is 2.75. The van der Waals surface area contributed by atoms with Crippen molar-refractivity contribution in [1.29, 1.82) is 5.26 Å². The third kappa shape index (κ3) is 2.38. The van der Waals surface area contributed by atoms with Crippen molar-refractivity contribution < 1.29 is 9.90 Å². The molecule has 0 amide bonds. The third-order valence-corrected chi connectivity index (χ3v) is 2.75. The molecule has 0 atom stereocenters. The lowest BCUT2D eigenvalue weighted by Gasteiger charge is -2.11. The van der Waals surface area contributed by atoms with Crippen molar-refractivity contribution in [2.24, 2.45) is 0 Å². The van der Waals surface area contributed by atoms with Gasteiger partial charge >= 0.3 is 5.97 Å². The molecule has 1 aromatic heterocycles. The van der Waals surface area contributed by atoms with Crippen molar-refractivity contribution in [3.8, 4) is 11.8 Å². The topological polar surface area (TPSA) is 83.1 Å². The van der Waals surface area contributed by atoms with Gasteiger partial charge in [0.2, 0.25) is 0 Å². The van der Waals surface area contributed by atoms with Crippen LogP contribution in [0, 0.1) is 18.3 Å². The van der Waals surface area contributed by atoms with E-state index in [1.807, 2.05) is 6.07 Å². The number of hydrogen-bond acceptors (Lipinski definition) is 3. The van der Waals surface area contributed by atoms with Crippen LogP contribution in [0.3, 0.4) is 0 Å². The fourth-order valence-corrected chi connectivity index (χ4v) is 1.77. The predicted molar refractivity (Wildman–Crippen MR) is 68.5 cm³/mol. The van der Waals surface area contributed by atoms with Gasteiger partial charge in [0.25, 0.3) is 0 Å². The van der Waals surface area contributed by atoms with Crippen molar-refractivity contribution in [1.82, 2.24) is 4.57 Å². The molecule has 0 saturated carbocycles. The molecule has 0 saturated heterocycles. The van der Waals surface area contributed by atoms with Crippen LogP contribution < -0.4 is 5.43 Å². The first kappa shape index (κ1) is 12.6. The molecule has 19 heavy (non-hydrogen) atoms. The maximum Gasteiger partial charge on any atom is 0.341 e. The summed E-state index contributed by atoms with van der Waals surface area (Å²) in [6.07, 6.45) is 1.29. The van der Waals surface area contributed by atoms with Gasteiger partial charge in [-0.15, -0.1) is 0 Å². The fraction of sp³-hybridized carbons (Fsp3) is 0.0714. The molecule has 2 rings (SSSR count). The Morgan fingerprint density at radius 1 is 1.32 bits per heavy atom. The Hall–Kier alpha value is -2.87. The SMILES string of the molecule is Cc1cc(=O)c(C(=O)O)cn1-c1ccc(C#N)cc1. The summed E-state index contributed by atoms with van der Waals surface area (Å²) in [7, 11) is 0. The highest BCUT2D eigenvalue weighted by molar-refractivity contribution is 5.87. The quantitative estimate of drug-likeness (QED) is 0.884. The van der Waals surface area contributed by atoms with E-state index in [9.17, 15) is 9.59 Å². The molecule has 0 aliphatic heterocycles. The van der Waals surface area contributed by atoms with Gasteiger partial charge in [-0.2, -0.15) is 5.26 Å². The van der Waals surface area contributed by atoms with Gasteiger partial charge in [-0.1, -0.05) is 0 Å². The second-order valence-corrected chi connectivity index (χ2v) is 4.03. The smallest absolute Gasteiger partial charge is 0.341 e. The summed E-state index contributed by atoms with van der Waals surface area (Å²) in [5.74, 6) is -1.26. The number of aryl methyl sites for hydroxylation is 1. The molecule has 1 aromatic carbocycles. The number of aromatic carboxylic acids is 1. The van der Waals surface area contributed by atoms with Gasteiger partial charge in [-0.25, -0.2) is 4.79 Å². The monoisotopic (exact) mass is 254 g/mol. The van der Waals surface area contributed by atoms with Gasteiger partial charge in [0.1, 0.15) is 5.56 Å². The van der Waals surface area contributed by atoms with Crippen LogP contribution in [0.1, 0.15) is 21.6 Å². The van der Waals surface area contributed by atoms with Crippen LogP contribution in [0.15, 0.2) is 41.3 Å². The minimum absolute atomic E-state index is 0.282. The Labute approximate surface area is 109 Å². The number of nitriles is 1. The van der Waals surface area contributed by atoms with Gasteiger partial charge in [0, 0.05) is 23.6 Å². The number of hydrogen-bond donors (Lipinski definition) is 1. The number of nitrogens with zero attached hydrogens (tertiary/aromatic N) is 2. The minimum Gasteiger partial charge on any atom is -0.477 e. The van der Waals surface area contributed by atoms with Gasteiger partial charge in [-0.05, 0) is 31.2 Å². The molecule has 1 heterocycles. The molecule has 5 nitrogen and oxygen atoms in total. The second kappa shape index (κ2) is 4.78. The zero-order valence-electron chi connectivity index (χ0n) is 10.1. The Bertz CT molecular complexity index is 737. The average Bonchev–Trinajstić information content (AvgIpc) is 2.38. The molecule has 2 aromatic rings. The summed E-state index contributed by atoms with van der Waals surface area (Å²) in [5, 5.41) is 17.7. The molecule has 5 heteroatoms. The van der Waals surface area contributed by atoms with Crippen molar-refractivity contribution in [2.75, 3.05) is 0 Å². The lowest BCUT2D eigenvalue weighted by Crippen LogP contribution is -2.18. The zero-order chi connectivity index (χ0) is 14.0. The number of pyridine rings is 1. The zero-order valence-corrected chi connectivity index (χ0v) is 10.1. The lowest BCUT2D eigenvalue weighted by atomic mass is 10.2. The largest absolute Gasteiger partial charge is 0.477 e. The van der Waals surface area contributed by atoms with E-state index in [4.69, 9.17) is 10.4 Å². The Morgan fingerprint density at radius 2 is 1.95 bits per heavy atom. The number of carboxylic acid groups (broad SMARTS) is 1. The molecule has 0 spiro atoms. The molecule has 0 aliphatic rings. The van der Waals surface area contributed by atoms with Crippen LogP contribution in [-0.2, 0) is 0 Å². The van der Waals surface area contributed by atoms with E-state index in [0.29, 0.717) is 16.9 Å². The standard InChI is InChI=1S/C14H10N2O3/c1-9-6-13(17)12(14(18)19)8-16(9)11-4-2-10(7-15)3-5-11/h2-6,8H,1H3,(H,18,19). The Balaban J connectivity index is 2.61. The van der Waals surface area contributed by atoms with Crippen LogP contribution in [0.25, 0.3) is 5.69 Å². The maximum absolute atomic E-state index is 11.5. The summed E-state index contributed by atoms with van der Waals surface area (Å²) in [6.45, 7) is 1.71. The van der Waals surface area contributed by atoms with Crippen LogP contribution in [0.4, 0.5) is 0 Å². The van der Waals surface area contributed by atoms with E-state index in [1.165, 1.54) is 12.3 Å². The number of aromatic nitrogens is 1. The highest BCUT2D eigenvalue weighted by atomic mass is 16.4. The van der Waals surface area contributed by atoms with Gasteiger partial charge < -0.3 is 9.67 Å². The molecule has 0 bridgehead atoms. The fourth-order valence-electron chi connectivity index (χ4n) is 1.77. The summed E-state index contributed by atoms with van der Waals surface area (Å²) in [6, 6.07) is 9.94. The van der Waals surface area contributed by atoms with E-state index >= 15 is 0 Å². The number of benzene rings is 1. The Kier molecular flexibility index (Phi) is 3.17. The maximum atomic E-state index is 11.5. The van der Waals surface area contributed by atoms with Crippen LogP contribution in [0.5, 0.6) is 0 Å². The lowest BCUT2D eigenvalue weighted by molar-refractivity contribution is 0.0695. The highest BCUT2D eigenvalue weighted by Gasteiger charge is 2.11. The van der Waals surface area contributed by atoms with Crippen molar-refractivity contribution in [3.05, 3.63) is 63.6 Å². The summed E-state index contributed by atoms with van der Waals surface area (Å²) in [4.78, 5) is 22.5. The van der Waals surface area contributed by atoms with Crippen LogP contribution in [0.2, 0.25) is 0 Å². The molecular weight excluding hydrogens is 244 g/mol. The van der Waals surface area contributed by atoms with E-state index in [-0.39, 0.29) is 5.56 Å². The number of carbonyl (C=O) groups is 1. The number of rotatable bonds is 2. The number of carboxylic acids is 1. The van der Waals surface area contributed by atoms with Crippen LogP contribution >= 0.6 is 0 Å². The molecule has 94 valence electrons. The first-order valence-electron chi connectivity index (χ1n) is 5.50. The van der Waals surface area contributed by atoms with Crippen molar-refractivity contribution in [3.63, 3.8) is 0 Å². The van der Waals surface area contributed by atoms with Crippen molar-refractivity contribution >= 4 is 5.97 Å². The van der Waals surface area contributed by atoms with Crippen LogP contribution in [-0.4, -0.2) is 15.6 Å². The van der Waals surface area contributed by atoms with Gasteiger partial charge in [0.05, 0.1) is 11.6 Å². The van der Waals surface area contributed by atoms with E-state index < -0.39 is 11.4 Å². The minimum atomic E-state index is -1.26. The second-order valence-electron chi connectivity index (χ2n) is 4.03. The normalized spacial score (nSPS) is 9.89. The summed E-state index contributed by atoms with van der Waals surface area (Å²) < 4.78 is 1.60. The first-order valence-corrected chi connectivity index (χ1v) is 5.50. The molecule has 0 radical (unpaired) electrons. The molecule has 0 fully saturated rings. The average molecular weight is 254 g/mol. The predicted octanol–water partition coefficient (Wildman–Crippen LogP) is 1.72. The van der Waals surface area contributed by atoms with E-state index in [2.05, 4.69) is 0 Å². The Morgan fingerprint density at radius 3 is 2.47 bits per heavy atom. The first-order chi connectivity index (χ1) is 9.02. The summed E-state index contributed by atoms with van der Waals surface area (Å²) in [5.41, 5.74) is 1.03. The van der Waals surface area contributed by atoms with Crippen molar-refractivity contribution in [2.45, 2.75) is 6.92 Å². The van der Waals surface area contributed by atoms with E-state index in [0.717, 1.165) is 0 Å². The molecular formula is C14H10N2O3.